The lowest BCUT2D eigenvalue weighted by Crippen LogP contribution is -2.23. The zero-order chi connectivity index (χ0) is 15.4. The highest BCUT2D eigenvalue weighted by Gasteiger charge is 2.12. The van der Waals surface area contributed by atoms with Crippen LogP contribution < -0.4 is 11.1 Å². The van der Waals surface area contributed by atoms with Crippen LogP contribution >= 0.6 is 12.4 Å². The van der Waals surface area contributed by atoms with E-state index < -0.39 is 0 Å². The second-order valence-corrected chi connectivity index (χ2v) is 4.52. The van der Waals surface area contributed by atoms with Crippen LogP contribution in [0.4, 0.5) is 0 Å². The third-order valence-electron chi connectivity index (χ3n) is 2.96. The molecule has 0 aliphatic heterocycles. The smallest absolute Gasteiger partial charge is 0.273 e. The summed E-state index contributed by atoms with van der Waals surface area (Å²) in [5, 5.41) is 2.69. The van der Waals surface area contributed by atoms with Gasteiger partial charge in [0.05, 0.1) is 18.8 Å². The highest BCUT2D eigenvalue weighted by Crippen LogP contribution is 2.17. The van der Waals surface area contributed by atoms with Crippen molar-refractivity contribution in [2.75, 3.05) is 0 Å². The van der Waals surface area contributed by atoms with E-state index in [0.29, 0.717) is 17.5 Å². The Morgan fingerprint density at radius 2 is 1.91 bits per heavy atom. The maximum absolute atomic E-state index is 11.9. The van der Waals surface area contributed by atoms with Crippen molar-refractivity contribution in [2.24, 2.45) is 5.73 Å². The van der Waals surface area contributed by atoms with Gasteiger partial charge in [0.1, 0.15) is 12.5 Å². The lowest BCUT2D eigenvalue weighted by molar-refractivity contribution is 0.0945. The Labute approximate surface area is 138 Å². The molecule has 2 aromatic heterocycles. The van der Waals surface area contributed by atoms with E-state index in [9.17, 15) is 4.79 Å². The van der Waals surface area contributed by atoms with E-state index in [2.05, 4.69) is 15.3 Å². The Balaban J connectivity index is 0.00000192. The van der Waals surface area contributed by atoms with Crippen LogP contribution in [0.5, 0.6) is 0 Å². The van der Waals surface area contributed by atoms with Gasteiger partial charge in [-0.05, 0) is 12.1 Å². The number of hydrogen-bond acceptors (Lipinski definition) is 6. The molecule has 1 aromatic carbocycles. The summed E-state index contributed by atoms with van der Waals surface area (Å²) in [5.41, 5.74) is 7.06. The Hall–Kier alpha value is -2.64. The Morgan fingerprint density at radius 3 is 2.61 bits per heavy atom. The van der Waals surface area contributed by atoms with Gasteiger partial charge in [-0.2, -0.15) is 0 Å². The van der Waals surface area contributed by atoms with Crippen molar-refractivity contribution in [1.29, 1.82) is 0 Å². The number of aromatic nitrogens is 2. The summed E-state index contributed by atoms with van der Waals surface area (Å²) < 4.78 is 10.4. The third kappa shape index (κ3) is 3.97. The first-order valence-corrected chi connectivity index (χ1v) is 6.69. The Kier molecular flexibility index (Phi) is 5.51. The molecule has 0 saturated heterocycles. The summed E-state index contributed by atoms with van der Waals surface area (Å²) in [7, 11) is 0. The van der Waals surface area contributed by atoms with E-state index in [1.54, 1.807) is 0 Å². The van der Waals surface area contributed by atoms with Crippen LogP contribution in [0.2, 0.25) is 0 Å². The van der Waals surface area contributed by atoms with Crippen molar-refractivity contribution in [3.8, 4) is 11.5 Å². The van der Waals surface area contributed by atoms with Gasteiger partial charge in [0.2, 0.25) is 11.8 Å². The summed E-state index contributed by atoms with van der Waals surface area (Å²) in [6, 6.07) is 9.53. The molecule has 0 radical (unpaired) electrons. The van der Waals surface area contributed by atoms with Crippen molar-refractivity contribution in [3.05, 3.63) is 60.1 Å². The molecule has 120 valence electrons. The van der Waals surface area contributed by atoms with Gasteiger partial charge in [0.25, 0.3) is 5.91 Å². The number of oxazole rings is 2. The fraction of sp³-hybridized carbons (Fsp3) is 0.133. The number of hydrogen-bond donors (Lipinski definition) is 2. The minimum absolute atomic E-state index is 0. The van der Waals surface area contributed by atoms with Crippen molar-refractivity contribution < 1.29 is 13.6 Å². The van der Waals surface area contributed by atoms with Gasteiger partial charge in [-0.25, -0.2) is 9.97 Å². The molecule has 3 N–H and O–H groups in total. The molecule has 8 heteroatoms. The monoisotopic (exact) mass is 334 g/mol. The molecular weight excluding hydrogens is 320 g/mol. The van der Waals surface area contributed by atoms with Gasteiger partial charge in [-0.1, -0.05) is 18.2 Å². The predicted octanol–water partition coefficient (Wildman–Crippen LogP) is 2.14. The summed E-state index contributed by atoms with van der Waals surface area (Å²) in [4.78, 5) is 20.2. The summed E-state index contributed by atoms with van der Waals surface area (Å²) in [6.07, 6.45) is 2.78. The van der Waals surface area contributed by atoms with Crippen LogP contribution in [0.3, 0.4) is 0 Å². The van der Waals surface area contributed by atoms with E-state index in [1.807, 2.05) is 30.3 Å². The highest BCUT2D eigenvalue weighted by atomic mass is 35.5. The standard InChI is InChI=1S/C15H14N4O3.ClH/c16-6-13-19-12(9-21-13)14(20)17-7-11-8-22-15(18-11)10-4-2-1-3-5-10;/h1-5,8-9H,6-7,16H2,(H,17,20);1H. The molecule has 0 fully saturated rings. The molecule has 0 aliphatic rings. The minimum Gasteiger partial charge on any atom is -0.447 e. The SMILES string of the molecule is Cl.NCc1nc(C(=O)NCc2coc(-c3ccccc3)n2)co1. The number of benzene rings is 1. The molecule has 7 nitrogen and oxygen atoms in total. The van der Waals surface area contributed by atoms with E-state index in [-0.39, 0.29) is 37.1 Å². The maximum atomic E-state index is 11.9. The van der Waals surface area contributed by atoms with E-state index in [1.165, 1.54) is 12.5 Å². The minimum atomic E-state index is -0.354. The van der Waals surface area contributed by atoms with Crippen LogP contribution in [0.15, 0.2) is 51.7 Å². The number of nitrogens with zero attached hydrogens (tertiary/aromatic N) is 2. The molecule has 0 atom stereocenters. The van der Waals surface area contributed by atoms with Gasteiger partial charge >= 0.3 is 0 Å². The first-order valence-electron chi connectivity index (χ1n) is 6.69. The second-order valence-electron chi connectivity index (χ2n) is 4.52. The predicted molar refractivity (Wildman–Crippen MR) is 84.8 cm³/mol. The zero-order valence-corrected chi connectivity index (χ0v) is 12.9. The number of rotatable bonds is 5. The van der Waals surface area contributed by atoms with E-state index >= 15 is 0 Å². The van der Waals surface area contributed by atoms with Gasteiger partial charge in [0.15, 0.2) is 5.69 Å². The molecule has 3 rings (SSSR count). The normalized spacial score (nSPS) is 10.1. The molecule has 2 heterocycles. The lowest BCUT2D eigenvalue weighted by Gasteiger charge is -1.98. The van der Waals surface area contributed by atoms with Crippen molar-refractivity contribution in [1.82, 2.24) is 15.3 Å². The molecule has 0 bridgehead atoms. The van der Waals surface area contributed by atoms with Gasteiger partial charge in [-0.3, -0.25) is 4.79 Å². The molecule has 3 aromatic rings. The van der Waals surface area contributed by atoms with E-state index in [4.69, 9.17) is 14.6 Å². The zero-order valence-electron chi connectivity index (χ0n) is 12.1. The number of carbonyl (C=O) groups is 1. The number of nitrogens with two attached hydrogens (primary N) is 1. The number of nitrogens with one attached hydrogen (secondary N) is 1. The largest absolute Gasteiger partial charge is 0.447 e. The van der Waals surface area contributed by atoms with Crippen molar-refractivity contribution >= 4 is 18.3 Å². The number of carbonyl (C=O) groups excluding carboxylic acids is 1. The summed E-state index contributed by atoms with van der Waals surface area (Å²) >= 11 is 0. The van der Waals surface area contributed by atoms with Gasteiger partial charge in [-0.15, -0.1) is 12.4 Å². The van der Waals surface area contributed by atoms with Crippen LogP contribution in [-0.2, 0) is 13.1 Å². The third-order valence-corrected chi connectivity index (χ3v) is 2.96. The van der Waals surface area contributed by atoms with Crippen LogP contribution in [0.25, 0.3) is 11.5 Å². The van der Waals surface area contributed by atoms with Gasteiger partial charge < -0.3 is 19.9 Å². The van der Waals surface area contributed by atoms with Crippen molar-refractivity contribution in [3.63, 3.8) is 0 Å². The lowest BCUT2D eigenvalue weighted by atomic mass is 10.2. The first-order chi connectivity index (χ1) is 10.8. The van der Waals surface area contributed by atoms with Crippen LogP contribution in [-0.4, -0.2) is 15.9 Å². The van der Waals surface area contributed by atoms with Gasteiger partial charge in [0, 0.05) is 5.56 Å². The number of halogens is 1. The molecule has 23 heavy (non-hydrogen) atoms. The summed E-state index contributed by atoms with van der Waals surface area (Å²) in [6.45, 7) is 0.386. The highest BCUT2D eigenvalue weighted by molar-refractivity contribution is 5.91. The number of amides is 1. The molecule has 1 amide bonds. The molecule has 0 saturated carbocycles. The molecule has 0 unspecified atom stereocenters. The fourth-order valence-electron chi connectivity index (χ4n) is 1.87. The van der Waals surface area contributed by atoms with E-state index in [0.717, 1.165) is 5.56 Å². The Bertz CT molecular complexity index is 770. The second kappa shape index (κ2) is 7.57. The average molecular weight is 335 g/mol. The fourth-order valence-corrected chi connectivity index (χ4v) is 1.87. The quantitative estimate of drug-likeness (QED) is 0.740. The maximum Gasteiger partial charge on any atom is 0.273 e. The van der Waals surface area contributed by atoms with Crippen LogP contribution in [0, 0.1) is 0 Å². The molecular formula is C15H15ClN4O3. The topological polar surface area (TPSA) is 107 Å². The molecule has 0 aliphatic carbocycles. The molecule has 0 spiro atoms. The van der Waals surface area contributed by atoms with Crippen molar-refractivity contribution in [2.45, 2.75) is 13.1 Å². The Morgan fingerprint density at radius 1 is 1.13 bits per heavy atom. The first kappa shape index (κ1) is 16.7. The summed E-state index contributed by atoms with van der Waals surface area (Å²) in [5.74, 6) is 0.474. The van der Waals surface area contributed by atoms with Crippen LogP contribution in [0.1, 0.15) is 22.1 Å². The average Bonchev–Trinajstić information content (AvgIpc) is 3.22.